The minimum absolute atomic E-state index is 0.246. The number of nitrogens with one attached hydrogen (secondary N) is 2. The van der Waals surface area contributed by atoms with E-state index in [0.29, 0.717) is 35.2 Å². The smallest absolute Gasteiger partial charge is 0.255 e. The zero-order valence-corrected chi connectivity index (χ0v) is 19.7. The van der Waals surface area contributed by atoms with Crippen LogP contribution in [-0.2, 0) is 0 Å². The zero-order valence-electron chi connectivity index (χ0n) is 19.7. The van der Waals surface area contributed by atoms with E-state index in [9.17, 15) is 4.79 Å². The summed E-state index contributed by atoms with van der Waals surface area (Å²) in [7, 11) is 0. The van der Waals surface area contributed by atoms with E-state index in [1.807, 2.05) is 12.1 Å². The molecule has 35 heavy (non-hydrogen) atoms. The van der Waals surface area contributed by atoms with Crippen molar-refractivity contribution < 1.29 is 19.0 Å². The Morgan fingerprint density at radius 3 is 2.74 bits per heavy atom. The van der Waals surface area contributed by atoms with Crippen LogP contribution >= 0.6 is 0 Å². The third-order valence-corrected chi connectivity index (χ3v) is 6.66. The summed E-state index contributed by atoms with van der Waals surface area (Å²) < 4.78 is 17.7. The molecule has 2 heterocycles. The average molecular weight is 478 g/mol. The first-order valence-electron chi connectivity index (χ1n) is 12.5. The highest BCUT2D eigenvalue weighted by Crippen LogP contribution is 2.41. The molecule has 9 nitrogen and oxygen atoms in total. The second kappa shape index (κ2) is 11.2. The minimum Gasteiger partial charge on any atom is -0.494 e. The van der Waals surface area contributed by atoms with Crippen LogP contribution in [0.5, 0.6) is 17.2 Å². The summed E-state index contributed by atoms with van der Waals surface area (Å²) in [4.78, 5) is 12.9. The Morgan fingerprint density at radius 1 is 1.09 bits per heavy atom. The van der Waals surface area contributed by atoms with Crippen LogP contribution in [-0.4, -0.2) is 39.7 Å². The number of para-hydroxylation sites is 1. The molecule has 184 valence electrons. The molecule has 5 rings (SSSR count). The van der Waals surface area contributed by atoms with Crippen molar-refractivity contribution in [1.82, 2.24) is 20.6 Å². The van der Waals surface area contributed by atoms with E-state index in [-0.39, 0.29) is 12.5 Å². The van der Waals surface area contributed by atoms with E-state index in [1.54, 1.807) is 30.3 Å². The van der Waals surface area contributed by atoms with E-state index >= 15 is 0 Å². The number of amides is 1. The lowest BCUT2D eigenvalue weighted by Gasteiger charge is -2.26. The Balaban J connectivity index is 1.12. The number of hydrogen-bond acceptors (Lipinski definition) is 7. The molecule has 2 aliphatic rings. The molecule has 1 saturated carbocycles. The van der Waals surface area contributed by atoms with Crippen LogP contribution in [0.25, 0.3) is 0 Å². The van der Waals surface area contributed by atoms with Gasteiger partial charge in [0.05, 0.1) is 12.3 Å². The Labute approximate surface area is 204 Å². The maximum Gasteiger partial charge on any atom is 0.255 e. The lowest BCUT2D eigenvalue weighted by Crippen LogP contribution is -2.24. The molecule has 1 unspecified atom stereocenters. The van der Waals surface area contributed by atoms with E-state index in [0.717, 1.165) is 18.1 Å². The third kappa shape index (κ3) is 5.90. The molecule has 1 fully saturated rings. The van der Waals surface area contributed by atoms with Crippen LogP contribution in [0.3, 0.4) is 0 Å². The molecule has 1 aliphatic carbocycles. The van der Waals surface area contributed by atoms with Crippen LogP contribution in [0, 0.1) is 5.92 Å². The number of aromatic amines is 1. The zero-order chi connectivity index (χ0) is 23.9. The van der Waals surface area contributed by atoms with Gasteiger partial charge in [-0.2, -0.15) is 0 Å². The molecule has 1 aliphatic heterocycles. The standard InChI is InChI=1S/C26H31N5O4/c32-26(19-12-14-20(15-13-19)33-16-5-4-9-18-7-2-1-3-8-18)27-21-10-6-11-22-24(21)35-23(17-34-22)25-28-30-31-29-25/h6,10-15,18,23H,1-5,7-9,16-17H2,(H,27,32)(H,28,29,30,31). The maximum absolute atomic E-state index is 12.9. The number of fused-ring (bicyclic) bond motifs is 1. The lowest BCUT2D eigenvalue weighted by atomic mass is 9.86. The molecular weight excluding hydrogens is 446 g/mol. The fraction of sp³-hybridized carbons (Fsp3) is 0.462. The Bertz CT molecular complexity index is 1100. The number of hydrogen-bond donors (Lipinski definition) is 2. The number of unbranched alkanes of at least 4 members (excludes halogenated alkanes) is 1. The molecule has 2 N–H and O–H groups in total. The number of rotatable bonds is 9. The molecular formula is C26H31N5O4. The highest BCUT2D eigenvalue weighted by Gasteiger charge is 2.28. The molecule has 0 bridgehead atoms. The topological polar surface area (TPSA) is 111 Å². The Kier molecular flexibility index (Phi) is 7.41. The van der Waals surface area contributed by atoms with Gasteiger partial charge in [0, 0.05) is 5.56 Å². The van der Waals surface area contributed by atoms with Gasteiger partial charge in [0.2, 0.25) is 0 Å². The van der Waals surface area contributed by atoms with Crippen molar-refractivity contribution >= 4 is 11.6 Å². The van der Waals surface area contributed by atoms with E-state index in [4.69, 9.17) is 14.2 Å². The predicted molar refractivity (Wildman–Crippen MR) is 130 cm³/mol. The van der Waals surface area contributed by atoms with Crippen molar-refractivity contribution in [3.05, 3.63) is 53.9 Å². The number of carbonyl (C=O) groups excluding carboxylic acids is 1. The van der Waals surface area contributed by atoms with Crippen LogP contribution in [0.2, 0.25) is 0 Å². The molecule has 0 saturated heterocycles. The molecule has 0 spiro atoms. The number of nitrogens with zero attached hydrogens (tertiary/aromatic N) is 3. The van der Waals surface area contributed by atoms with Crippen molar-refractivity contribution in [2.45, 2.75) is 57.5 Å². The quantitative estimate of drug-likeness (QED) is 0.413. The van der Waals surface area contributed by atoms with Gasteiger partial charge < -0.3 is 19.5 Å². The number of H-pyrrole nitrogens is 1. The summed E-state index contributed by atoms with van der Waals surface area (Å²) in [5.41, 5.74) is 1.04. The van der Waals surface area contributed by atoms with Gasteiger partial charge in [-0.15, -0.1) is 5.10 Å². The fourth-order valence-electron chi connectivity index (χ4n) is 4.73. The molecule has 1 aromatic heterocycles. The van der Waals surface area contributed by atoms with Crippen molar-refractivity contribution in [3.8, 4) is 17.2 Å². The predicted octanol–water partition coefficient (Wildman–Crippen LogP) is 5.09. The molecule has 0 radical (unpaired) electrons. The van der Waals surface area contributed by atoms with Crippen molar-refractivity contribution in [1.29, 1.82) is 0 Å². The van der Waals surface area contributed by atoms with Crippen LogP contribution in [0.4, 0.5) is 5.69 Å². The van der Waals surface area contributed by atoms with E-state index < -0.39 is 6.10 Å². The first-order valence-corrected chi connectivity index (χ1v) is 12.5. The van der Waals surface area contributed by atoms with Crippen LogP contribution in [0.15, 0.2) is 42.5 Å². The molecule has 3 aromatic rings. The highest BCUT2D eigenvalue weighted by atomic mass is 16.6. The monoisotopic (exact) mass is 477 g/mol. The highest BCUT2D eigenvalue weighted by molar-refractivity contribution is 6.05. The molecule has 1 atom stereocenters. The number of carbonyl (C=O) groups is 1. The first-order chi connectivity index (χ1) is 17.3. The number of benzene rings is 2. The second-order valence-electron chi connectivity index (χ2n) is 9.16. The summed E-state index contributed by atoms with van der Waals surface area (Å²) in [5.74, 6) is 2.90. The SMILES string of the molecule is O=C(Nc1cccc2c1OC(c1nnn[nH]1)CO2)c1ccc(OCCCCC2CCCCC2)cc1. The summed E-state index contributed by atoms with van der Waals surface area (Å²) in [5, 5.41) is 16.7. The summed E-state index contributed by atoms with van der Waals surface area (Å²) >= 11 is 0. The van der Waals surface area contributed by atoms with Gasteiger partial charge in [0.15, 0.2) is 23.4 Å². The molecule has 2 aromatic carbocycles. The Morgan fingerprint density at radius 2 is 1.94 bits per heavy atom. The minimum atomic E-state index is -0.491. The number of anilines is 1. The average Bonchev–Trinajstić information content (AvgIpc) is 3.45. The fourth-order valence-corrected chi connectivity index (χ4v) is 4.73. The van der Waals surface area contributed by atoms with Crippen LogP contribution < -0.4 is 19.5 Å². The van der Waals surface area contributed by atoms with Crippen LogP contribution in [0.1, 0.15) is 73.7 Å². The van der Waals surface area contributed by atoms with Gasteiger partial charge in [-0.25, -0.2) is 5.10 Å². The number of ether oxygens (including phenoxy) is 3. The Hall–Kier alpha value is -3.62. The summed E-state index contributed by atoms with van der Waals surface area (Å²) in [6, 6.07) is 12.6. The number of tetrazole rings is 1. The summed E-state index contributed by atoms with van der Waals surface area (Å²) in [6.07, 6.45) is 10.1. The van der Waals surface area contributed by atoms with Crippen molar-refractivity contribution in [2.75, 3.05) is 18.5 Å². The molecule has 9 heteroatoms. The van der Waals surface area contributed by atoms with Crippen molar-refractivity contribution in [2.24, 2.45) is 5.92 Å². The molecule has 1 amide bonds. The normalized spacial score (nSPS) is 17.7. The van der Waals surface area contributed by atoms with Gasteiger partial charge in [-0.1, -0.05) is 44.6 Å². The third-order valence-electron chi connectivity index (χ3n) is 6.66. The van der Waals surface area contributed by atoms with E-state index in [2.05, 4.69) is 25.9 Å². The summed E-state index contributed by atoms with van der Waals surface area (Å²) in [6.45, 7) is 0.969. The van der Waals surface area contributed by atoms with Crippen molar-refractivity contribution in [3.63, 3.8) is 0 Å². The van der Waals surface area contributed by atoms with Gasteiger partial charge in [0.1, 0.15) is 12.4 Å². The second-order valence-corrected chi connectivity index (χ2v) is 9.16. The first kappa shape index (κ1) is 23.1. The van der Waals surface area contributed by atoms with Gasteiger partial charge >= 0.3 is 0 Å². The number of aromatic nitrogens is 4. The van der Waals surface area contributed by atoms with Gasteiger partial charge in [-0.05, 0) is 65.6 Å². The maximum atomic E-state index is 12.9. The lowest BCUT2D eigenvalue weighted by molar-refractivity contribution is 0.0856. The van der Waals surface area contributed by atoms with Gasteiger partial charge in [-0.3, -0.25) is 4.79 Å². The largest absolute Gasteiger partial charge is 0.494 e. The van der Waals surface area contributed by atoms with Gasteiger partial charge in [0.25, 0.3) is 5.91 Å². The van der Waals surface area contributed by atoms with E-state index in [1.165, 1.54) is 44.9 Å².